The number of nitrogens with zero attached hydrogens (tertiary/aromatic N) is 1. The van der Waals surface area contributed by atoms with Crippen LogP contribution in [0.25, 0.3) is 0 Å². The first-order valence-electron chi connectivity index (χ1n) is 7.21. The van der Waals surface area contributed by atoms with Gasteiger partial charge in [-0.2, -0.15) is 11.8 Å². The Labute approximate surface area is 114 Å². The number of ether oxygens (including phenoxy) is 1. The van der Waals surface area contributed by atoms with Gasteiger partial charge in [0.05, 0.1) is 11.2 Å². The maximum atomic E-state index is 10.4. The Morgan fingerprint density at radius 1 is 1.39 bits per heavy atom. The molecule has 3 saturated heterocycles. The Morgan fingerprint density at radius 2 is 2.17 bits per heavy atom. The monoisotopic (exact) mass is 271 g/mol. The summed E-state index contributed by atoms with van der Waals surface area (Å²) in [5.74, 6) is 2.79. The van der Waals surface area contributed by atoms with Gasteiger partial charge in [-0.25, -0.2) is 0 Å². The summed E-state index contributed by atoms with van der Waals surface area (Å²) in [7, 11) is 0. The maximum Gasteiger partial charge on any atom is 0.0923 e. The van der Waals surface area contributed by atoms with Crippen molar-refractivity contribution in [3.8, 4) is 0 Å². The fraction of sp³-hybridized carbons (Fsp3) is 1.00. The third-order valence-corrected chi connectivity index (χ3v) is 6.30. The van der Waals surface area contributed by atoms with Crippen LogP contribution in [0.4, 0.5) is 0 Å². The predicted octanol–water partition coefficient (Wildman–Crippen LogP) is 1.74. The average Bonchev–Trinajstić information content (AvgIpc) is 2.72. The van der Waals surface area contributed by atoms with Crippen molar-refractivity contribution in [2.45, 2.75) is 50.4 Å². The molecular formula is C14H25NO2S. The van der Waals surface area contributed by atoms with Crippen LogP contribution in [0.1, 0.15) is 33.1 Å². The van der Waals surface area contributed by atoms with Crippen molar-refractivity contribution >= 4 is 11.8 Å². The second kappa shape index (κ2) is 4.65. The van der Waals surface area contributed by atoms with Crippen LogP contribution >= 0.6 is 11.8 Å². The molecule has 2 unspecified atom stereocenters. The van der Waals surface area contributed by atoms with Crippen molar-refractivity contribution in [2.75, 3.05) is 31.2 Å². The van der Waals surface area contributed by atoms with E-state index >= 15 is 0 Å². The number of hydrogen-bond donors (Lipinski definition) is 1. The number of aliphatic hydroxyl groups is 1. The second-order valence-corrected chi connectivity index (χ2v) is 7.75. The molecule has 4 heteroatoms. The Bertz CT molecular complexity index is 309. The van der Waals surface area contributed by atoms with Crippen LogP contribution in [0.3, 0.4) is 0 Å². The standard InChI is InChI=1S/C14H25NO2S/c1-11(2)14(16)8-15(9-14)12-3-5-17-13(7-12)4-6-18-10-13/h11-12,16H,3-10H2,1-2H3. The average molecular weight is 271 g/mol. The first kappa shape index (κ1) is 13.2. The summed E-state index contributed by atoms with van der Waals surface area (Å²) in [4.78, 5) is 2.48. The fourth-order valence-electron chi connectivity index (χ4n) is 3.46. The molecule has 2 atom stereocenters. The van der Waals surface area contributed by atoms with E-state index in [1.54, 1.807) is 0 Å². The highest BCUT2D eigenvalue weighted by Crippen LogP contribution is 2.42. The lowest BCUT2D eigenvalue weighted by Crippen LogP contribution is -2.68. The molecule has 3 nitrogen and oxygen atoms in total. The van der Waals surface area contributed by atoms with Gasteiger partial charge in [-0.3, -0.25) is 4.90 Å². The summed E-state index contributed by atoms with van der Waals surface area (Å²) >= 11 is 2.03. The molecular weight excluding hydrogens is 246 g/mol. The molecule has 3 rings (SSSR count). The molecule has 0 radical (unpaired) electrons. The molecule has 0 aromatic rings. The molecule has 1 spiro atoms. The van der Waals surface area contributed by atoms with Gasteiger partial charge in [0.25, 0.3) is 0 Å². The third-order valence-electron chi connectivity index (χ3n) is 5.08. The van der Waals surface area contributed by atoms with Crippen LogP contribution in [0.2, 0.25) is 0 Å². The molecule has 3 fully saturated rings. The van der Waals surface area contributed by atoms with E-state index < -0.39 is 5.60 Å². The summed E-state index contributed by atoms with van der Waals surface area (Å²) < 4.78 is 6.06. The third kappa shape index (κ3) is 2.21. The molecule has 0 saturated carbocycles. The largest absolute Gasteiger partial charge is 0.387 e. The van der Waals surface area contributed by atoms with E-state index in [4.69, 9.17) is 4.74 Å². The lowest BCUT2D eigenvalue weighted by molar-refractivity contribution is -0.170. The van der Waals surface area contributed by atoms with E-state index in [0.717, 1.165) is 26.1 Å². The summed E-state index contributed by atoms with van der Waals surface area (Å²) in [5, 5.41) is 10.4. The second-order valence-electron chi connectivity index (χ2n) is 6.64. The molecule has 1 N–H and O–H groups in total. The van der Waals surface area contributed by atoms with Gasteiger partial charge in [-0.05, 0) is 30.9 Å². The van der Waals surface area contributed by atoms with E-state index in [1.807, 2.05) is 11.8 Å². The topological polar surface area (TPSA) is 32.7 Å². The first-order valence-corrected chi connectivity index (χ1v) is 8.37. The minimum Gasteiger partial charge on any atom is -0.387 e. The van der Waals surface area contributed by atoms with Gasteiger partial charge < -0.3 is 9.84 Å². The highest BCUT2D eigenvalue weighted by molar-refractivity contribution is 7.99. The molecule has 3 aliphatic rings. The fourth-order valence-corrected chi connectivity index (χ4v) is 4.84. The molecule has 0 aromatic heterocycles. The van der Waals surface area contributed by atoms with E-state index in [1.165, 1.54) is 24.3 Å². The zero-order chi connectivity index (χ0) is 12.8. The predicted molar refractivity (Wildman–Crippen MR) is 75.0 cm³/mol. The summed E-state index contributed by atoms with van der Waals surface area (Å²) in [6.07, 6.45) is 3.53. The van der Waals surface area contributed by atoms with Crippen LogP contribution in [0, 0.1) is 5.92 Å². The first-order chi connectivity index (χ1) is 8.53. The Kier molecular flexibility index (Phi) is 3.42. The van der Waals surface area contributed by atoms with Crippen molar-refractivity contribution in [1.29, 1.82) is 0 Å². The molecule has 3 heterocycles. The van der Waals surface area contributed by atoms with E-state index in [0.29, 0.717) is 12.0 Å². The number of β-amino-alcohol motifs (C(OH)–C–C–N with tert-alkyl or cyclic N) is 1. The van der Waals surface area contributed by atoms with Gasteiger partial charge in [-0.1, -0.05) is 13.8 Å². The summed E-state index contributed by atoms with van der Waals surface area (Å²) in [5.41, 5.74) is -0.269. The number of likely N-dealkylation sites (tertiary alicyclic amines) is 1. The van der Waals surface area contributed by atoms with E-state index in [9.17, 15) is 5.11 Å². The minimum atomic E-state index is -0.435. The van der Waals surface area contributed by atoms with Crippen LogP contribution < -0.4 is 0 Å². The van der Waals surface area contributed by atoms with E-state index in [-0.39, 0.29) is 5.60 Å². The lowest BCUT2D eigenvalue weighted by atomic mass is 9.79. The van der Waals surface area contributed by atoms with Gasteiger partial charge in [0.15, 0.2) is 0 Å². The minimum absolute atomic E-state index is 0.166. The highest BCUT2D eigenvalue weighted by Gasteiger charge is 2.49. The van der Waals surface area contributed by atoms with Crippen LogP contribution in [-0.2, 0) is 4.74 Å². The van der Waals surface area contributed by atoms with Crippen LogP contribution in [0.5, 0.6) is 0 Å². The summed E-state index contributed by atoms with van der Waals surface area (Å²) in [6, 6.07) is 0.636. The van der Waals surface area contributed by atoms with Gasteiger partial charge in [0.2, 0.25) is 0 Å². The molecule has 104 valence electrons. The number of hydrogen-bond acceptors (Lipinski definition) is 4. The highest BCUT2D eigenvalue weighted by atomic mass is 32.2. The molecule has 0 bridgehead atoms. The summed E-state index contributed by atoms with van der Waals surface area (Å²) in [6.45, 7) is 6.87. The van der Waals surface area contributed by atoms with Crippen LogP contribution in [-0.4, -0.2) is 58.5 Å². The Balaban J connectivity index is 1.58. The molecule has 0 amide bonds. The Hall–Kier alpha value is 0.230. The van der Waals surface area contributed by atoms with Gasteiger partial charge >= 0.3 is 0 Å². The van der Waals surface area contributed by atoms with Crippen LogP contribution in [0.15, 0.2) is 0 Å². The van der Waals surface area contributed by atoms with Crippen molar-refractivity contribution in [1.82, 2.24) is 4.90 Å². The SMILES string of the molecule is CC(C)C1(O)CN(C2CCOC3(CCSC3)C2)C1. The van der Waals surface area contributed by atoms with Crippen molar-refractivity contribution in [3.63, 3.8) is 0 Å². The van der Waals surface area contributed by atoms with Gasteiger partial charge in [0, 0.05) is 31.5 Å². The van der Waals surface area contributed by atoms with Gasteiger partial charge in [0.1, 0.15) is 0 Å². The van der Waals surface area contributed by atoms with Crippen molar-refractivity contribution in [3.05, 3.63) is 0 Å². The zero-order valence-corrected chi connectivity index (χ0v) is 12.3. The maximum absolute atomic E-state index is 10.4. The molecule has 0 aliphatic carbocycles. The molecule has 0 aromatic carbocycles. The molecule has 18 heavy (non-hydrogen) atoms. The number of thioether (sulfide) groups is 1. The van der Waals surface area contributed by atoms with E-state index in [2.05, 4.69) is 18.7 Å². The smallest absolute Gasteiger partial charge is 0.0923 e. The Morgan fingerprint density at radius 3 is 2.78 bits per heavy atom. The zero-order valence-electron chi connectivity index (χ0n) is 11.5. The quantitative estimate of drug-likeness (QED) is 0.829. The van der Waals surface area contributed by atoms with Gasteiger partial charge in [-0.15, -0.1) is 0 Å². The lowest BCUT2D eigenvalue weighted by Gasteiger charge is -2.54. The van der Waals surface area contributed by atoms with Crippen molar-refractivity contribution < 1.29 is 9.84 Å². The van der Waals surface area contributed by atoms with Crippen molar-refractivity contribution in [2.24, 2.45) is 5.92 Å². The molecule has 3 aliphatic heterocycles. The number of rotatable bonds is 2. The normalized spacial score (nSPS) is 40.3.